The second kappa shape index (κ2) is 7.57. The average molecular weight is 292 g/mol. The number of amides is 1. The highest BCUT2D eigenvalue weighted by Gasteiger charge is 2.36. The van der Waals surface area contributed by atoms with Crippen LogP contribution in [0.4, 0.5) is 0 Å². The highest BCUT2D eigenvalue weighted by molar-refractivity contribution is 5.86. The van der Waals surface area contributed by atoms with Gasteiger partial charge in [-0.25, -0.2) is 0 Å². The number of nitrogens with two attached hydrogens (primary N) is 1. The minimum absolute atomic E-state index is 0.253. The Morgan fingerprint density at radius 1 is 1.14 bits per heavy atom. The number of likely N-dealkylation sites (N-methyl/N-ethyl adjacent to an activating group) is 1. The van der Waals surface area contributed by atoms with E-state index in [9.17, 15) is 4.79 Å². The minimum atomic E-state index is -0.872. The monoisotopic (exact) mass is 292 g/mol. The molecule has 0 bridgehead atoms. The van der Waals surface area contributed by atoms with Gasteiger partial charge >= 0.3 is 0 Å². The number of carbonyl (C=O) groups excluding carboxylic acids is 1. The van der Waals surface area contributed by atoms with Crippen LogP contribution in [-0.4, -0.2) is 26.2 Å². The molecule has 4 nitrogen and oxygen atoms in total. The predicted molar refractivity (Wildman–Crippen MR) is 85.9 cm³/mol. The first kappa shape index (κ1) is 17.7. The molecule has 0 fully saturated rings. The van der Waals surface area contributed by atoms with Crippen molar-refractivity contribution in [2.75, 3.05) is 20.3 Å². The van der Waals surface area contributed by atoms with Gasteiger partial charge in [0.25, 0.3) is 0 Å². The van der Waals surface area contributed by atoms with Gasteiger partial charge in [0, 0.05) is 19.6 Å². The zero-order chi connectivity index (χ0) is 15.9. The predicted octanol–water partition coefficient (Wildman–Crippen LogP) is 2.43. The molecule has 1 rings (SSSR count). The molecule has 21 heavy (non-hydrogen) atoms. The molecule has 0 aliphatic heterocycles. The lowest BCUT2D eigenvalue weighted by atomic mass is 9.86. The van der Waals surface area contributed by atoms with Crippen molar-refractivity contribution < 1.29 is 9.53 Å². The first-order valence-electron chi connectivity index (χ1n) is 7.44. The molecule has 0 spiro atoms. The van der Waals surface area contributed by atoms with Crippen molar-refractivity contribution in [1.82, 2.24) is 5.32 Å². The molecule has 1 atom stereocenters. The van der Waals surface area contributed by atoms with Gasteiger partial charge in [0.15, 0.2) is 0 Å². The largest absolute Gasteiger partial charge is 0.381 e. The van der Waals surface area contributed by atoms with Crippen molar-refractivity contribution in [1.29, 1.82) is 0 Å². The van der Waals surface area contributed by atoms with Crippen LogP contribution < -0.4 is 11.1 Å². The summed E-state index contributed by atoms with van der Waals surface area (Å²) in [5, 5.41) is 3.08. The zero-order valence-electron chi connectivity index (χ0n) is 13.6. The quantitative estimate of drug-likeness (QED) is 0.723. The summed E-state index contributed by atoms with van der Waals surface area (Å²) < 4.78 is 5.69. The van der Waals surface area contributed by atoms with Gasteiger partial charge in [-0.3, -0.25) is 4.79 Å². The summed E-state index contributed by atoms with van der Waals surface area (Å²) in [6, 6.07) is 9.56. The van der Waals surface area contributed by atoms with E-state index >= 15 is 0 Å². The van der Waals surface area contributed by atoms with Crippen LogP contribution in [0.2, 0.25) is 0 Å². The molecule has 0 aliphatic rings. The first-order chi connectivity index (χ1) is 9.82. The Kier molecular flexibility index (Phi) is 6.37. The third-order valence-corrected chi connectivity index (χ3v) is 3.73. The van der Waals surface area contributed by atoms with E-state index in [1.54, 1.807) is 7.05 Å². The molecule has 1 amide bonds. The Bertz CT molecular complexity index is 440. The summed E-state index contributed by atoms with van der Waals surface area (Å²) in [6.45, 7) is 7.73. The maximum Gasteiger partial charge on any atom is 0.242 e. The molecule has 1 unspecified atom stereocenters. The zero-order valence-corrected chi connectivity index (χ0v) is 13.6. The third kappa shape index (κ3) is 5.14. The van der Waals surface area contributed by atoms with E-state index in [2.05, 4.69) is 26.1 Å². The van der Waals surface area contributed by atoms with E-state index in [4.69, 9.17) is 10.5 Å². The molecule has 1 aromatic carbocycles. The highest BCUT2D eigenvalue weighted by atomic mass is 16.5. The van der Waals surface area contributed by atoms with Gasteiger partial charge in [0.2, 0.25) is 5.91 Å². The Balaban J connectivity index is 2.66. The van der Waals surface area contributed by atoms with Crippen LogP contribution >= 0.6 is 0 Å². The summed E-state index contributed by atoms with van der Waals surface area (Å²) in [6.07, 6.45) is 1.51. The van der Waals surface area contributed by atoms with Gasteiger partial charge in [0.1, 0.15) is 5.54 Å². The molecule has 118 valence electrons. The average Bonchev–Trinajstić information content (AvgIpc) is 2.42. The van der Waals surface area contributed by atoms with Gasteiger partial charge in [0.05, 0.1) is 0 Å². The lowest BCUT2D eigenvalue weighted by molar-refractivity contribution is -0.125. The van der Waals surface area contributed by atoms with Crippen molar-refractivity contribution in [3.05, 3.63) is 35.9 Å². The molecular formula is C17H28N2O2. The topological polar surface area (TPSA) is 64.3 Å². The lowest BCUT2D eigenvalue weighted by Crippen LogP contribution is -2.51. The van der Waals surface area contributed by atoms with Crippen LogP contribution in [-0.2, 0) is 15.1 Å². The van der Waals surface area contributed by atoms with E-state index in [0.717, 1.165) is 12.0 Å². The summed E-state index contributed by atoms with van der Waals surface area (Å²) in [5.74, 6) is -0.379. The normalized spacial score (nSPS) is 14.7. The number of hydrogen-bond donors (Lipinski definition) is 2. The molecule has 0 aliphatic carbocycles. The summed E-state index contributed by atoms with van der Waals surface area (Å²) in [7, 11) is 1.76. The Hall–Kier alpha value is -1.39. The van der Waals surface area contributed by atoms with Gasteiger partial charge in [-0.15, -0.1) is 0 Å². The standard InChI is InChI=1S/C17H28N2O2/c1-16(2,3)10-12-21-13-11-17(19-4,15(18)20)14-8-6-5-7-9-14/h5-9,19H,10-13H2,1-4H3,(H2,18,20). The first-order valence-corrected chi connectivity index (χ1v) is 7.44. The van der Waals surface area contributed by atoms with Crippen LogP contribution in [0.3, 0.4) is 0 Å². The van der Waals surface area contributed by atoms with Crippen LogP contribution in [0.15, 0.2) is 30.3 Å². The smallest absolute Gasteiger partial charge is 0.242 e. The molecular weight excluding hydrogens is 264 g/mol. The van der Waals surface area contributed by atoms with Crippen molar-refractivity contribution in [3.63, 3.8) is 0 Å². The summed E-state index contributed by atoms with van der Waals surface area (Å²) >= 11 is 0. The number of benzene rings is 1. The fraction of sp³-hybridized carbons (Fsp3) is 0.588. The Morgan fingerprint density at radius 2 is 1.71 bits per heavy atom. The number of ether oxygens (including phenoxy) is 1. The Labute approximate surface area is 128 Å². The number of nitrogens with one attached hydrogen (secondary N) is 1. The summed E-state index contributed by atoms with van der Waals surface area (Å²) in [4.78, 5) is 12.0. The van der Waals surface area contributed by atoms with Crippen molar-refractivity contribution >= 4 is 5.91 Å². The maximum atomic E-state index is 12.0. The fourth-order valence-electron chi connectivity index (χ4n) is 2.23. The molecule has 0 heterocycles. The number of rotatable bonds is 8. The molecule has 1 aromatic rings. The second-order valence-corrected chi connectivity index (χ2v) is 6.56. The lowest BCUT2D eigenvalue weighted by Gasteiger charge is -2.31. The SMILES string of the molecule is CNC(CCOCCC(C)(C)C)(C(N)=O)c1ccccc1. The van der Waals surface area contributed by atoms with E-state index < -0.39 is 5.54 Å². The van der Waals surface area contributed by atoms with E-state index in [0.29, 0.717) is 19.6 Å². The molecule has 0 saturated heterocycles. The van der Waals surface area contributed by atoms with Crippen LogP contribution in [0, 0.1) is 5.41 Å². The summed E-state index contributed by atoms with van der Waals surface area (Å²) in [5.41, 5.74) is 5.90. The molecule has 0 aromatic heterocycles. The van der Waals surface area contributed by atoms with Crippen LogP contribution in [0.1, 0.15) is 39.2 Å². The molecule has 4 heteroatoms. The molecule has 0 radical (unpaired) electrons. The number of primary amides is 1. The molecule has 0 saturated carbocycles. The van der Waals surface area contributed by atoms with E-state index in [1.165, 1.54) is 0 Å². The van der Waals surface area contributed by atoms with Crippen molar-refractivity contribution in [3.8, 4) is 0 Å². The number of carbonyl (C=O) groups is 1. The van der Waals surface area contributed by atoms with Crippen LogP contribution in [0.25, 0.3) is 0 Å². The number of hydrogen-bond acceptors (Lipinski definition) is 3. The maximum absolute atomic E-state index is 12.0. The second-order valence-electron chi connectivity index (χ2n) is 6.56. The fourth-order valence-corrected chi connectivity index (χ4v) is 2.23. The Morgan fingerprint density at radius 3 is 2.19 bits per heavy atom. The van der Waals surface area contributed by atoms with Gasteiger partial charge in [-0.1, -0.05) is 51.1 Å². The van der Waals surface area contributed by atoms with Crippen molar-refractivity contribution in [2.45, 2.75) is 39.2 Å². The van der Waals surface area contributed by atoms with Crippen LogP contribution in [0.5, 0.6) is 0 Å². The van der Waals surface area contributed by atoms with E-state index in [1.807, 2.05) is 30.3 Å². The van der Waals surface area contributed by atoms with Gasteiger partial charge < -0.3 is 15.8 Å². The minimum Gasteiger partial charge on any atom is -0.381 e. The van der Waals surface area contributed by atoms with Gasteiger partial charge in [-0.2, -0.15) is 0 Å². The highest BCUT2D eigenvalue weighted by Crippen LogP contribution is 2.25. The molecule has 3 N–H and O–H groups in total. The van der Waals surface area contributed by atoms with E-state index in [-0.39, 0.29) is 11.3 Å². The van der Waals surface area contributed by atoms with Gasteiger partial charge in [-0.05, 0) is 24.4 Å². The van der Waals surface area contributed by atoms with Crippen molar-refractivity contribution in [2.24, 2.45) is 11.1 Å². The third-order valence-electron chi connectivity index (χ3n) is 3.73.